The van der Waals surface area contributed by atoms with E-state index in [0.29, 0.717) is 6.04 Å². The molecule has 0 saturated carbocycles. The van der Waals surface area contributed by atoms with Crippen LogP contribution >= 0.6 is 0 Å². The number of benzene rings is 2. The smallest absolute Gasteiger partial charge is 0.118 e. The molecule has 2 nitrogen and oxygen atoms in total. The molecular formula is C17H19NO. The Morgan fingerprint density at radius 3 is 2.63 bits per heavy atom. The molecule has 1 unspecified atom stereocenters. The van der Waals surface area contributed by atoms with Crippen molar-refractivity contribution in [2.75, 3.05) is 13.7 Å². The number of hydrogen-bond donors (Lipinski definition) is 1. The number of rotatable bonds is 2. The quantitative estimate of drug-likeness (QED) is 0.887. The molecule has 1 heterocycles. The summed E-state index contributed by atoms with van der Waals surface area (Å²) >= 11 is 0. The van der Waals surface area contributed by atoms with Crippen molar-refractivity contribution in [2.24, 2.45) is 0 Å². The highest BCUT2D eigenvalue weighted by Crippen LogP contribution is 2.31. The molecule has 0 aliphatic carbocycles. The second-order valence-electron chi connectivity index (χ2n) is 5.05. The summed E-state index contributed by atoms with van der Waals surface area (Å²) in [5.41, 5.74) is 5.61. The highest BCUT2D eigenvalue weighted by Gasteiger charge is 2.21. The number of hydrogen-bond acceptors (Lipinski definition) is 2. The molecule has 1 aliphatic rings. The van der Waals surface area contributed by atoms with Gasteiger partial charge in [-0.1, -0.05) is 30.3 Å². The Morgan fingerprint density at radius 1 is 1.11 bits per heavy atom. The van der Waals surface area contributed by atoms with Gasteiger partial charge in [-0.05, 0) is 47.7 Å². The minimum absolute atomic E-state index is 0.301. The van der Waals surface area contributed by atoms with Gasteiger partial charge in [-0.3, -0.25) is 0 Å². The number of aryl methyl sites for hydroxylation is 1. The Balaban J connectivity index is 2.01. The summed E-state index contributed by atoms with van der Waals surface area (Å²) < 4.78 is 5.22. The molecule has 0 amide bonds. The van der Waals surface area contributed by atoms with Crippen LogP contribution in [-0.4, -0.2) is 13.7 Å². The zero-order chi connectivity index (χ0) is 13.2. The summed E-state index contributed by atoms with van der Waals surface area (Å²) in [7, 11) is 1.70. The minimum atomic E-state index is 0.301. The van der Waals surface area contributed by atoms with E-state index in [4.69, 9.17) is 4.74 Å². The third-order valence-corrected chi connectivity index (χ3v) is 3.93. The molecule has 0 saturated heterocycles. The van der Waals surface area contributed by atoms with Gasteiger partial charge >= 0.3 is 0 Å². The highest BCUT2D eigenvalue weighted by molar-refractivity contribution is 5.44. The van der Waals surface area contributed by atoms with Crippen LogP contribution in [0.5, 0.6) is 5.75 Å². The van der Waals surface area contributed by atoms with Crippen LogP contribution < -0.4 is 10.1 Å². The normalized spacial score (nSPS) is 17.9. The third-order valence-electron chi connectivity index (χ3n) is 3.93. The van der Waals surface area contributed by atoms with E-state index in [-0.39, 0.29) is 0 Å². The first-order valence-corrected chi connectivity index (χ1v) is 6.75. The summed E-state index contributed by atoms with van der Waals surface area (Å²) in [4.78, 5) is 0. The molecule has 1 aliphatic heterocycles. The van der Waals surface area contributed by atoms with Crippen LogP contribution in [0.4, 0.5) is 0 Å². The average molecular weight is 253 g/mol. The lowest BCUT2D eigenvalue weighted by Gasteiger charge is -2.28. The molecular weight excluding hydrogens is 234 g/mol. The molecule has 0 aromatic heterocycles. The second-order valence-corrected chi connectivity index (χ2v) is 5.05. The third kappa shape index (κ3) is 2.24. The summed E-state index contributed by atoms with van der Waals surface area (Å²) in [6, 6.07) is 15.2. The molecule has 0 bridgehead atoms. The summed E-state index contributed by atoms with van der Waals surface area (Å²) in [5, 5.41) is 3.62. The van der Waals surface area contributed by atoms with Crippen LogP contribution in [0.2, 0.25) is 0 Å². The van der Waals surface area contributed by atoms with Gasteiger partial charge < -0.3 is 10.1 Å². The monoisotopic (exact) mass is 253 g/mol. The minimum Gasteiger partial charge on any atom is -0.497 e. The Hall–Kier alpha value is -1.80. The van der Waals surface area contributed by atoms with Crippen molar-refractivity contribution in [3.63, 3.8) is 0 Å². The second kappa shape index (κ2) is 5.06. The maximum absolute atomic E-state index is 5.22. The zero-order valence-electron chi connectivity index (χ0n) is 11.4. The first kappa shape index (κ1) is 12.2. The molecule has 2 aromatic rings. The molecule has 1 atom stereocenters. The Bertz CT molecular complexity index is 574. The maximum atomic E-state index is 5.22. The van der Waals surface area contributed by atoms with Crippen molar-refractivity contribution in [1.29, 1.82) is 0 Å². The Kier molecular flexibility index (Phi) is 3.26. The lowest BCUT2D eigenvalue weighted by molar-refractivity contribution is 0.414. The molecule has 1 N–H and O–H groups in total. The van der Waals surface area contributed by atoms with Crippen molar-refractivity contribution in [2.45, 2.75) is 19.4 Å². The van der Waals surface area contributed by atoms with Gasteiger partial charge in [0, 0.05) is 6.54 Å². The number of fused-ring (bicyclic) bond motifs is 1. The van der Waals surface area contributed by atoms with Gasteiger partial charge in [0.05, 0.1) is 13.2 Å². The number of methoxy groups -OCH3 is 1. The van der Waals surface area contributed by atoms with E-state index in [1.807, 2.05) is 12.1 Å². The van der Waals surface area contributed by atoms with Gasteiger partial charge in [-0.2, -0.15) is 0 Å². The van der Waals surface area contributed by atoms with E-state index in [2.05, 4.69) is 42.6 Å². The highest BCUT2D eigenvalue weighted by atomic mass is 16.5. The van der Waals surface area contributed by atoms with Crippen LogP contribution in [-0.2, 0) is 6.42 Å². The lowest BCUT2D eigenvalue weighted by Crippen LogP contribution is -2.31. The van der Waals surface area contributed by atoms with Crippen molar-refractivity contribution < 1.29 is 4.74 Å². The van der Waals surface area contributed by atoms with Crippen LogP contribution in [0.15, 0.2) is 42.5 Å². The van der Waals surface area contributed by atoms with Crippen molar-refractivity contribution in [1.82, 2.24) is 5.32 Å². The molecule has 0 spiro atoms. The van der Waals surface area contributed by atoms with Crippen LogP contribution in [0, 0.1) is 6.92 Å². The predicted octanol–water partition coefficient (Wildman–Crippen LogP) is 3.24. The molecule has 98 valence electrons. The van der Waals surface area contributed by atoms with Gasteiger partial charge in [0.1, 0.15) is 5.75 Å². The fourth-order valence-corrected chi connectivity index (χ4v) is 2.88. The van der Waals surface area contributed by atoms with E-state index in [1.165, 1.54) is 22.3 Å². The number of nitrogens with one attached hydrogen (secondary N) is 1. The first-order valence-electron chi connectivity index (χ1n) is 6.75. The fraction of sp³-hybridized carbons (Fsp3) is 0.294. The summed E-state index contributed by atoms with van der Waals surface area (Å²) in [6.45, 7) is 3.24. The molecule has 0 radical (unpaired) electrons. The SMILES string of the molecule is COc1ccc(C2NCCc3c(C)cccc32)cc1. The van der Waals surface area contributed by atoms with E-state index < -0.39 is 0 Å². The van der Waals surface area contributed by atoms with Crippen molar-refractivity contribution in [3.05, 3.63) is 64.7 Å². The molecule has 3 rings (SSSR count). The van der Waals surface area contributed by atoms with E-state index in [9.17, 15) is 0 Å². The first-order chi connectivity index (χ1) is 9.29. The standard InChI is InChI=1S/C17H19NO/c1-12-4-3-5-16-15(12)10-11-18-17(16)13-6-8-14(19-2)9-7-13/h3-9,17-18H,10-11H2,1-2H3. The lowest BCUT2D eigenvalue weighted by atomic mass is 9.87. The molecule has 19 heavy (non-hydrogen) atoms. The van der Waals surface area contributed by atoms with Crippen molar-refractivity contribution in [3.8, 4) is 5.75 Å². The maximum Gasteiger partial charge on any atom is 0.118 e. The average Bonchev–Trinajstić information content (AvgIpc) is 2.47. The summed E-state index contributed by atoms with van der Waals surface area (Å²) in [6.07, 6.45) is 1.12. The van der Waals surface area contributed by atoms with Crippen LogP contribution in [0.25, 0.3) is 0 Å². The predicted molar refractivity (Wildman–Crippen MR) is 77.7 cm³/mol. The zero-order valence-corrected chi connectivity index (χ0v) is 11.4. The van der Waals surface area contributed by atoms with Gasteiger partial charge in [-0.15, -0.1) is 0 Å². The van der Waals surface area contributed by atoms with Crippen molar-refractivity contribution >= 4 is 0 Å². The van der Waals surface area contributed by atoms with Crippen LogP contribution in [0.1, 0.15) is 28.3 Å². The molecule has 2 heteroatoms. The van der Waals surface area contributed by atoms with E-state index in [0.717, 1.165) is 18.7 Å². The van der Waals surface area contributed by atoms with Gasteiger partial charge in [-0.25, -0.2) is 0 Å². The topological polar surface area (TPSA) is 21.3 Å². The number of ether oxygens (including phenoxy) is 1. The Labute approximate surface area is 114 Å². The van der Waals surface area contributed by atoms with E-state index >= 15 is 0 Å². The molecule has 2 aromatic carbocycles. The van der Waals surface area contributed by atoms with Gasteiger partial charge in [0.2, 0.25) is 0 Å². The van der Waals surface area contributed by atoms with Gasteiger partial charge in [0.25, 0.3) is 0 Å². The fourth-order valence-electron chi connectivity index (χ4n) is 2.88. The Morgan fingerprint density at radius 2 is 1.89 bits per heavy atom. The molecule has 0 fully saturated rings. The largest absolute Gasteiger partial charge is 0.497 e. The van der Waals surface area contributed by atoms with E-state index in [1.54, 1.807) is 7.11 Å². The van der Waals surface area contributed by atoms with Gasteiger partial charge in [0.15, 0.2) is 0 Å². The van der Waals surface area contributed by atoms with Crippen LogP contribution in [0.3, 0.4) is 0 Å². The summed E-state index contributed by atoms with van der Waals surface area (Å²) in [5.74, 6) is 0.907.